The number of aliphatic hydroxyl groups excluding tert-OH is 1. The van der Waals surface area contributed by atoms with Gasteiger partial charge in [0.25, 0.3) is 0 Å². The smallest absolute Gasteiger partial charge is 0.176 e. The summed E-state index contributed by atoms with van der Waals surface area (Å²) in [7, 11) is 1.80. The van der Waals surface area contributed by atoms with Crippen molar-refractivity contribution in [1.29, 1.82) is 5.26 Å². The van der Waals surface area contributed by atoms with E-state index in [1.54, 1.807) is 31.3 Å². The highest BCUT2D eigenvalue weighted by Gasteiger charge is 2.24. The van der Waals surface area contributed by atoms with Crippen molar-refractivity contribution in [3.8, 4) is 6.07 Å². The van der Waals surface area contributed by atoms with Crippen molar-refractivity contribution < 1.29 is 9.90 Å². The Bertz CT molecular complexity index is 458. The summed E-state index contributed by atoms with van der Waals surface area (Å²) in [6.45, 7) is 3.97. The number of benzene rings is 1. The first-order chi connectivity index (χ1) is 8.40. The van der Waals surface area contributed by atoms with Gasteiger partial charge in [-0.2, -0.15) is 5.26 Å². The van der Waals surface area contributed by atoms with E-state index in [4.69, 9.17) is 5.26 Å². The molecule has 0 aliphatic carbocycles. The van der Waals surface area contributed by atoms with Crippen LogP contribution in [0.1, 0.15) is 29.8 Å². The van der Waals surface area contributed by atoms with E-state index in [1.165, 1.54) is 0 Å². The largest absolute Gasteiger partial charge is 0.394 e. The van der Waals surface area contributed by atoms with Crippen molar-refractivity contribution in [2.75, 3.05) is 20.2 Å². The summed E-state index contributed by atoms with van der Waals surface area (Å²) in [6.07, 6.45) is 0. The lowest BCUT2D eigenvalue weighted by Gasteiger charge is -2.33. The molecule has 0 amide bonds. The van der Waals surface area contributed by atoms with Gasteiger partial charge in [-0.15, -0.1) is 0 Å². The molecule has 0 bridgehead atoms. The molecular formula is C14H18N2O2. The summed E-state index contributed by atoms with van der Waals surface area (Å²) >= 11 is 0. The predicted octanol–water partition coefficient (Wildman–Crippen LogP) is 1.44. The van der Waals surface area contributed by atoms with Crippen molar-refractivity contribution in [3.05, 3.63) is 35.4 Å². The van der Waals surface area contributed by atoms with E-state index < -0.39 is 5.54 Å². The van der Waals surface area contributed by atoms with E-state index >= 15 is 0 Å². The van der Waals surface area contributed by atoms with E-state index in [9.17, 15) is 9.90 Å². The fourth-order valence-corrected chi connectivity index (χ4v) is 1.37. The third-order valence-electron chi connectivity index (χ3n) is 3.14. The highest BCUT2D eigenvalue weighted by Crippen LogP contribution is 2.12. The number of ketones is 1. The van der Waals surface area contributed by atoms with Crippen molar-refractivity contribution in [3.63, 3.8) is 0 Å². The summed E-state index contributed by atoms with van der Waals surface area (Å²) < 4.78 is 0. The zero-order valence-electron chi connectivity index (χ0n) is 11.0. The molecule has 0 unspecified atom stereocenters. The molecule has 1 aromatic carbocycles. The number of carbonyl (C=O) groups is 1. The van der Waals surface area contributed by atoms with Crippen LogP contribution in [0.15, 0.2) is 24.3 Å². The molecule has 0 atom stereocenters. The lowest BCUT2D eigenvalue weighted by molar-refractivity contribution is 0.0659. The summed E-state index contributed by atoms with van der Waals surface area (Å²) in [5, 5.41) is 17.9. The second-order valence-electron chi connectivity index (χ2n) is 4.94. The maximum Gasteiger partial charge on any atom is 0.176 e. The second kappa shape index (κ2) is 5.76. The Hall–Kier alpha value is -1.70. The summed E-state index contributed by atoms with van der Waals surface area (Å²) in [6, 6.07) is 8.58. The van der Waals surface area contributed by atoms with Gasteiger partial charge in [-0.1, -0.05) is 12.1 Å². The molecule has 0 saturated heterocycles. The molecule has 0 aliphatic rings. The minimum Gasteiger partial charge on any atom is -0.394 e. The fraction of sp³-hybridized carbons (Fsp3) is 0.429. The SMILES string of the molecule is CN(CC(=O)c1ccc(C#N)cc1)C(C)(C)CO. The van der Waals surface area contributed by atoms with Gasteiger partial charge in [-0.25, -0.2) is 0 Å². The van der Waals surface area contributed by atoms with Crippen molar-refractivity contribution in [2.45, 2.75) is 19.4 Å². The Balaban J connectivity index is 2.74. The number of hydrogen-bond donors (Lipinski definition) is 1. The Labute approximate surface area is 107 Å². The molecule has 0 heterocycles. The van der Waals surface area contributed by atoms with Crippen LogP contribution in [-0.2, 0) is 0 Å². The van der Waals surface area contributed by atoms with E-state index in [1.807, 2.05) is 24.8 Å². The first-order valence-corrected chi connectivity index (χ1v) is 5.76. The van der Waals surface area contributed by atoms with Gasteiger partial charge in [0.1, 0.15) is 0 Å². The Morgan fingerprint density at radius 1 is 1.39 bits per heavy atom. The van der Waals surface area contributed by atoms with Crippen LogP contribution >= 0.6 is 0 Å². The number of Topliss-reactive ketones (excluding diaryl/α,β-unsaturated/α-hetero) is 1. The molecule has 1 rings (SSSR count). The van der Waals surface area contributed by atoms with Crippen LogP contribution in [0.3, 0.4) is 0 Å². The minimum absolute atomic E-state index is 0.00977. The van der Waals surface area contributed by atoms with Gasteiger partial charge < -0.3 is 5.11 Å². The molecule has 0 aromatic heterocycles. The topological polar surface area (TPSA) is 64.3 Å². The maximum absolute atomic E-state index is 12.0. The van der Waals surface area contributed by atoms with Crippen LogP contribution in [0.25, 0.3) is 0 Å². The molecular weight excluding hydrogens is 228 g/mol. The Morgan fingerprint density at radius 2 is 1.94 bits per heavy atom. The van der Waals surface area contributed by atoms with Gasteiger partial charge in [0.15, 0.2) is 5.78 Å². The van der Waals surface area contributed by atoms with Gasteiger partial charge >= 0.3 is 0 Å². The Morgan fingerprint density at radius 3 is 2.39 bits per heavy atom. The molecule has 96 valence electrons. The summed E-state index contributed by atoms with van der Waals surface area (Å²) in [5.74, 6) is -0.0245. The van der Waals surface area contributed by atoms with Gasteiger partial charge in [-0.05, 0) is 33.0 Å². The van der Waals surface area contributed by atoms with Crippen LogP contribution in [0, 0.1) is 11.3 Å². The lowest BCUT2D eigenvalue weighted by atomic mass is 10.0. The standard InChI is InChI=1S/C14H18N2O2/c1-14(2,10-17)16(3)9-13(18)12-6-4-11(8-15)5-7-12/h4-7,17H,9-10H2,1-3H3. The average molecular weight is 246 g/mol. The predicted molar refractivity (Wildman–Crippen MR) is 69.3 cm³/mol. The molecule has 0 radical (unpaired) electrons. The summed E-state index contributed by atoms with van der Waals surface area (Å²) in [4.78, 5) is 13.8. The monoisotopic (exact) mass is 246 g/mol. The number of rotatable bonds is 5. The molecule has 0 spiro atoms. The number of nitrogens with zero attached hydrogens (tertiary/aromatic N) is 2. The van der Waals surface area contributed by atoms with Crippen LogP contribution < -0.4 is 0 Å². The van der Waals surface area contributed by atoms with Gasteiger partial charge in [0.2, 0.25) is 0 Å². The first-order valence-electron chi connectivity index (χ1n) is 5.76. The van der Waals surface area contributed by atoms with Crippen LogP contribution in [0.2, 0.25) is 0 Å². The van der Waals surface area contributed by atoms with Gasteiger partial charge in [-0.3, -0.25) is 9.69 Å². The number of carbonyl (C=O) groups excluding carboxylic acids is 1. The van der Waals surface area contributed by atoms with E-state index in [0.717, 1.165) is 0 Å². The number of aliphatic hydroxyl groups is 1. The molecule has 0 saturated carbocycles. The first kappa shape index (κ1) is 14.4. The molecule has 1 aromatic rings. The molecule has 4 nitrogen and oxygen atoms in total. The van der Waals surface area contributed by atoms with Crippen LogP contribution in [0.5, 0.6) is 0 Å². The fourth-order valence-electron chi connectivity index (χ4n) is 1.37. The maximum atomic E-state index is 12.0. The molecule has 0 aliphatic heterocycles. The van der Waals surface area contributed by atoms with Crippen LogP contribution in [0.4, 0.5) is 0 Å². The third-order valence-corrected chi connectivity index (χ3v) is 3.14. The zero-order chi connectivity index (χ0) is 13.8. The molecule has 1 N–H and O–H groups in total. The van der Waals surface area contributed by atoms with Gasteiger partial charge in [0, 0.05) is 11.1 Å². The van der Waals surface area contributed by atoms with Crippen LogP contribution in [-0.4, -0.2) is 41.5 Å². The van der Waals surface area contributed by atoms with Crippen molar-refractivity contribution in [2.24, 2.45) is 0 Å². The average Bonchev–Trinajstić information content (AvgIpc) is 2.38. The van der Waals surface area contributed by atoms with Crippen molar-refractivity contribution in [1.82, 2.24) is 4.90 Å². The number of likely N-dealkylation sites (N-methyl/N-ethyl adjacent to an activating group) is 1. The third kappa shape index (κ3) is 3.39. The highest BCUT2D eigenvalue weighted by atomic mass is 16.3. The van der Waals surface area contributed by atoms with Gasteiger partial charge in [0.05, 0.1) is 24.8 Å². The Kier molecular flexibility index (Phi) is 4.60. The number of hydrogen-bond acceptors (Lipinski definition) is 4. The normalized spacial score (nSPS) is 11.3. The minimum atomic E-state index is -0.428. The second-order valence-corrected chi connectivity index (χ2v) is 4.94. The van der Waals surface area contributed by atoms with E-state index in [-0.39, 0.29) is 18.9 Å². The zero-order valence-corrected chi connectivity index (χ0v) is 11.0. The molecule has 0 fully saturated rings. The lowest BCUT2D eigenvalue weighted by Crippen LogP contribution is -2.46. The molecule has 4 heteroatoms. The van der Waals surface area contributed by atoms with E-state index in [0.29, 0.717) is 11.1 Å². The number of nitriles is 1. The van der Waals surface area contributed by atoms with Crippen molar-refractivity contribution >= 4 is 5.78 Å². The summed E-state index contributed by atoms with van der Waals surface area (Å²) in [5.41, 5.74) is 0.688. The quantitative estimate of drug-likeness (QED) is 0.798. The molecule has 18 heavy (non-hydrogen) atoms. The highest BCUT2D eigenvalue weighted by molar-refractivity contribution is 5.97. The van der Waals surface area contributed by atoms with E-state index in [2.05, 4.69) is 0 Å².